The van der Waals surface area contributed by atoms with Gasteiger partial charge in [0.1, 0.15) is 5.52 Å². The minimum absolute atomic E-state index is 0.287. The van der Waals surface area contributed by atoms with Gasteiger partial charge in [0.05, 0.1) is 5.52 Å². The van der Waals surface area contributed by atoms with Gasteiger partial charge in [-0.25, -0.2) is 9.66 Å². The topological polar surface area (TPSA) is 91.7 Å². The van der Waals surface area contributed by atoms with Gasteiger partial charge in [0.25, 0.3) is 0 Å². The van der Waals surface area contributed by atoms with Crippen LogP contribution in [0.3, 0.4) is 0 Å². The highest BCUT2D eigenvalue weighted by Crippen LogP contribution is 2.36. The van der Waals surface area contributed by atoms with Gasteiger partial charge in [-0.3, -0.25) is 4.57 Å². The summed E-state index contributed by atoms with van der Waals surface area (Å²) in [5.41, 5.74) is 1.21. The van der Waals surface area contributed by atoms with Crippen LogP contribution in [0.15, 0.2) is 39.2 Å². The van der Waals surface area contributed by atoms with Crippen LogP contribution in [0.2, 0.25) is 0 Å². The average molecular weight is 386 g/mol. The molecule has 0 atom stereocenters. The normalized spacial score (nSPS) is 12.0. The summed E-state index contributed by atoms with van der Waals surface area (Å²) in [5.74, 6) is 0.752. The molecule has 0 fully saturated rings. The van der Waals surface area contributed by atoms with E-state index in [0.29, 0.717) is 5.82 Å². The summed E-state index contributed by atoms with van der Waals surface area (Å²) in [5, 5.41) is 1.81. The van der Waals surface area contributed by atoms with Crippen molar-refractivity contribution in [3.05, 3.63) is 34.8 Å². The van der Waals surface area contributed by atoms with Gasteiger partial charge in [0.2, 0.25) is 5.50 Å². The molecule has 3 aromatic rings. The maximum absolute atomic E-state index is 11.3. The Morgan fingerprint density at radius 1 is 1.27 bits per heavy atom. The number of hydrogen-bond donors (Lipinski definition) is 2. The van der Waals surface area contributed by atoms with Crippen LogP contribution in [0, 0.1) is 0 Å². The first kappa shape index (κ1) is 15.3. The Labute approximate surface area is 134 Å². The van der Waals surface area contributed by atoms with E-state index in [1.807, 2.05) is 42.0 Å². The zero-order valence-corrected chi connectivity index (χ0v) is 14.2. The number of nitrogens with zero attached hydrogens (tertiary/aromatic N) is 3. The molecule has 22 heavy (non-hydrogen) atoms. The van der Waals surface area contributed by atoms with Crippen molar-refractivity contribution in [2.45, 2.75) is 0 Å². The minimum Gasteiger partial charge on any atom is -0.445 e. The molecule has 3 rings (SSSR count). The molecule has 0 saturated carbocycles. The van der Waals surface area contributed by atoms with Crippen molar-refractivity contribution in [1.82, 2.24) is 9.66 Å². The van der Waals surface area contributed by atoms with Crippen molar-refractivity contribution in [2.24, 2.45) is 0 Å². The van der Waals surface area contributed by atoms with Crippen molar-refractivity contribution in [3.8, 4) is 11.6 Å². The van der Waals surface area contributed by atoms with Crippen LogP contribution in [0.4, 0.5) is 0 Å². The molecule has 2 N–H and O–H groups in total. The molecule has 0 aliphatic heterocycles. The second-order valence-corrected chi connectivity index (χ2v) is 7.27. The lowest BCUT2D eigenvalue weighted by Gasteiger charge is -2.17. The molecule has 0 bridgehead atoms. The smallest absolute Gasteiger partial charge is 0.391 e. The van der Waals surface area contributed by atoms with Crippen molar-refractivity contribution < 1.29 is 18.8 Å². The van der Waals surface area contributed by atoms with E-state index in [0.717, 1.165) is 15.5 Å². The van der Waals surface area contributed by atoms with Gasteiger partial charge in [0.15, 0.2) is 11.6 Å². The predicted octanol–water partition coefficient (Wildman–Crippen LogP) is 2.06. The molecule has 116 valence electrons. The van der Waals surface area contributed by atoms with Crippen molar-refractivity contribution in [1.29, 1.82) is 0 Å². The molecule has 0 unspecified atom stereocenters. The minimum atomic E-state index is -4.43. The number of aromatic nitrogens is 2. The third-order valence-electron chi connectivity index (χ3n) is 3.10. The maximum Gasteiger partial charge on any atom is 0.391 e. The number of benzene rings is 1. The van der Waals surface area contributed by atoms with E-state index in [-0.39, 0.29) is 11.3 Å². The van der Waals surface area contributed by atoms with E-state index < -0.39 is 7.60 Å². The number of imidazole rings is 1. The number of hydrogen-bond acceptors (Lipinski definition) is 4. The van der Waals surface area contributed by atoms with Crippen LogP contribution in [0.1, 0.15) is 0 Å². The van der Waals surface area contributed by atoms with Gasteiger partial charge in [-0.05, 0) is 40.2 Å². The van der Waals surface area contributed by atoms with Crippen molar-refractivity contribution in [2.75, 3.05) is 19.1 Å². The lowest BCUT2D eigenvalue weighted by Crippen LogP contribution is -2.25. The van der Waals surface area contributed by atoms with E-state index >= 15 is 0 Å². The van der Waals surface area contributed by atoms with Gasteiger partial charge >= 0.3 is 7.60 Å². The van der Waals surface area contributed by atoms with Crippen molar-refractivity contribution >= 4 is 40.1 Å². The summed E-state index contributed by atoms with van der Waals surface area (Å²) in [6.45, 7) is 0. The summed E-state index contributed by atoms with van der Waals surface area (Å²) < 4.78 is 19.3. The molecule has 0 radical (unpaired) electrons. The first-order chi connectivity index (χ1) is 10.3. The van der Waals surface area contributed by atoms with Gasteiger partial charge in [-0.2, -0.15) is 0 Å². The van der Waals surface area contributed by atoms with Crippen LogP contribution in [0.25, 0.3) is 22.6 Å². The first-order valence-electron chi connectivity index (χ1n) is 6.30. The highest BCUT2D eigenvalue weighted by Gasteiger charge is 2.25. The molecule has 0 saturated heterocycles. The Morgan fingerprint density at radius 2 is 2.00 bits per heavy atom. The molecule has 0 spiro atoms. The molecule has 1 aromatic carbocycles. The number of rotatable bonds is 3. The lowest BCUT2D eigenvalue weighted by molar-refractivity contribution is 0.377. The van der Waals surface area contributed by atoms with E-state index in [1.165, 1.54) is 12.1 Å². The van der Waals surface area contributed by atoms with Gasteiger partial charge in [-0.15, -0.1) is 0 Å². The highest BCUT2D eigenvalue weighted by atomic mass is 79.9. The second-order valence-electron chi connectivity index (χ2n) is 4.88. The summed E-state index contributed by atoms with van der Waals surface area (Å²) >= 11 is 3.50. The maximum atomic E-state index is 11.3. The number of halogens is 1. The predicted molar refractivity (Wildman–Crippen MR) is 86.9 cm³/mol. The van der Waals surface area contributed by atoms with E-state index in [1.54, 1.807) is 0 Å². The molecule has 9 heteroatoms. The van der Waals surface area contributed by atoms with E-state index in [4.69, 9.17) is 4.42 Å². The van der Waals surface area contributed by atoms with E-state index in [9.17, 15) is 14.4 Å². The number of furan rings is 1. The summed E-state index contributed by atoms with van der Waals surface area (Å²) in [7, 11) is -0.739. The van der Waals surface area contributed by atoms with Crippen LogP contribution in [-0.4, -0.2) is 33.5 Å². The van der Waals surface area contributed by atoms with Crippen LogP contribution in [0.5, 0.6) is 0 Å². The summed E-state index contributed by atoms with van der Waals surface area (Å²) in [4.78, 5) is 22.9. The largest absolute Gasteiger partial charge is 0.445 e. The zero-order valence-electron chi connectivity index (χ0n) is 11.8. The average Bonchev–Trinajstić information content (AvgIpc) is 3.02. The third-order valence-corrected chi connectivity index (χ3v) is 4.56. The monoisotopic (exact) mass is 385 g/mol. The fraction of sp³-hybridized carbons (Fsp3) is 0.154. The Kier molecular flexibility index (Phi) is 3.65. The SMILES string of the molecule is CN(C)n1c(-c2ccc(P(=O)(O)O)o2)nc2cccc(Br)c21. The lowest BCUT2D eigenvalue weighted by atomic mass is 10.3. The first-order valence-corrected chi connectivity index (χ1v) is 8.70. The molecule has 2 heterocycles. The Bertz CT molecular complexity index is 896. The number of para-hydroxylation sites is 1. The Morgan fingerprint density at radius 3 is 2.59 bits per heavy atom. The molecular formula is C13H13BrN3O4P. The van der Waals surface area contributed by atoms with Gasteiger partial charge < -0.3 is 19.2 Å². The fourth-order valence-corrected chi connectivity index (χ4v) is 3.23. The summed E-state index contributed by atoms with van der Waals surface area (Å²) in [6, 6.07) is 8.40. The Hall–Kier alpha value is -1.60. The zero-order chi connectivity index (χ0) is 16.1. The van der Waals surface area contributed by atoms with Gasteiger partial charge in [-0.1, -0.05) is 6.07 Å². The standard InChI is InChI=1S/C13H13BrN3O4P/c1-16(2)17-12-8(14)4-3-5-9(12)15-13(17)10-6-7-11(21-10)22(18,19)20/h3-7H,1-2H3,(H2,18,19,20). The van der Waals surface area contributed by atoms with Crippen LogP contribution < -0.4 is 10.5 Å². The summed E-state index contributed by atoms with van der Waals surface area (Å²) in [6.07, 6.45) is 0. The fourth-order valence-electron chi connectivity index (χ4n) is 2.22. The molecular weight excluding hydrogens is 373 g/mol. The molecule has 0 aliphatic rings. The Balaban J connectivity index is 2.27. The third kappa shape index (κ3) is 2.48. The number of fused-ring (bicyclic) bond motifs is 1. The molecule has 0 amide bonds. The second kappa shape index (κ2) is 5.24. The molecule has 7 nitrogen and oxygen atoms in total. The highest BCUT2D eigenvalue weighted by molar-refractivity contribution is 9.10. The quantitative estimate of drug-likeness (QED) is 0.670. The molecule has 0 aliphatic carbocycles. The molecule has 2 aromatic heterocycles. The van der Waals surface area contributed by atoms with Crippen LogP contribution in [-0.2, 0) is 4.57 Å². The van der Waals surface area contributed by atoms with E-state index in [2.05, 4.69) is 20.9 Å². The van der Waals surface area contributed by atoms with Gasteiger partial charge in [0, 0.05) is 18.6 Å². The van der Waals surface area contributed by atoms with Crippen LogP contribution >= 0.6 is 23.5 Å². The van der Waals surface area contributed by atoms with Crippen molar-refractivity contribution in [3.63, 3.8) is 0 Å².